The minimum atomic E-state index is -0.151. The maximum Gasteiger partial charge on any atom is 0.194 e. The molecule has 0 fully saturated rings. The van der Waals surface area contributed by atoms with E-state index in [1.54, 1.807) is 41.3 Å². The van der Waals surface area contributed by atoms with E-state index in [4.69, 9.17) is 16.3 Å². The Morgan fingerprint density at radius 1 is 1.28 bits per heavy atom. The van der Waals surface area contributed by atoms with E-state index < -0.39 is 0 Å². The standard InChI is InChI=1S/C18H18ClN3O2S/c1-3-15(24-4-2)22-11-20-18(21-22)17-14(9-10-25-17)16(23)12-5-7-13(19)8-6-12/h5-11,15H,3-4H2,1-2H3. The van der Waals surface area contributed by atoms with Crippen LogP contribution in [0.15, 0.2) is 42.0 Å². The SMILES string of the molecule is CCOC(CC)n1cnc(-c2sccc2C(=O)c2ccc(Cl)cc2)n1. The summed E-state index contributed by atoms with van der Waals surface area (Å²) in [5.74, 6) is 0.464. The molecule has 0 radical (unpaired) electrons. The van der Waals surface area contributed by atoms with Crippen LogP contribution in [0.1, 0.15) is 42.4 Å². The van der Waals surface area contributed by atoms with Gasteiger partial charge in [-0.15, -0.1) is 16.4 Å². The largest absolute Gasteiger partial charge is 0.357 e. The summed E-state index contributed by atoms with van der Waals surface area (Å²) in [7, 11) is 0. The van der Waals surface area contributed by atoms with Crippen molar-refractivity contribution in [2.24, 2.45) is 0 Å². The molecule has 3 rings (SSSR count). The lowest BCUT2D eigenvalue weighted by atomic mass is 10.0. The van der Waals surface area contributed by atoms with E-state index in [0.29, 0.717) is 28.6 Å². The fraction of sp³-hybridized carbons (Fsp3) is 0.278. The predicted octanol–water partition coefficient (Wildman–Crippen LogP) is 4.84. The van der Waals surface area contributed by atoms with Crippen molar-refractivity contribution >= 4 is 28.7 Å². The highest BCUT2D eigenvalue weighted by Crippen LogP contribution is 2.29. The summed E-state index contributed by atoms with van der Waals surface area (Å²) in [5, 5.41) is 6.99. The van der Waals surface area contributed by atoms with Gasteiger partial charge in [-0.3, -0.25) is 4.79 Å². The fourth-order valence-corrected chi connectivity index (χ4v) is 3.46. The Bertz CT molecular complexity index is 857. The molecule has 0 aliphatic heterocycles. The summed E-state index contributed by atoms with van der Waals surface area (Å²) in [6.45, 7) is 4.58. The van der Waals surface area contributed by atoms with Crippen LogP contribution in [0.3, 0.4) is 0 Å². The Morgan fingerprint density at radius 3 is 2.72 bits per heavy atom. The monoisotopic (exact) mass is 375 g/mol. The zero-order valence-electron chi connectivity index (χ0n) is 14.0. The molecule has 1 unspecified atom stereocenters. The van der Waals surface area contributed by atoms with E-state index in [-0.39, 0.29) is 12.0 Å². The zero-order chi connectivity index (χ0) is 17.8. The number of aromatic nitrogens is 3. The van der Waals surface area contributed by atoms with Crippen molar-refractivity contribution in [3.05, 3.63) is 58.2 Å². The number of hydrogen-bond acceptors (Lipinski definition) is 5. The average Bonchev–Trinajstić information content (AvgIpc) is 3.28. The molecule has 2 aromatic heterocycles. The lowest BCUT2D eigenvalue weighted by molar-refractivity contribution is -0.00115. The highest BCUT2D eigenvalue weighted by molar-refractivity contribution is 7.14. The maximum absolute atomic E-state index is 12.8. The number of nitrogens with zero attached hydrogens (tertiary/aromatic N) is 3. The fourth-order valence-electron chi connectivity index (χ4n) is 2.51. The van der Waals surface area contributed by atoms with Gasteiger partial charge < -0.3 is 4.74 Å². The highest BCUT2D eigenvalue weighted by Gasteiger charge is 2.20. The molecule has 2 heterocycles. The number of benzene rings is 1. The number of thiophene rings is 1. The van der Waals surface area contributed by atoms with Crippen LogP contribution in [-0.2, 0) is 4.74 Å². The van der Waals surface area contributed by atoms with Crippen molar-refractivity contribution in [1.82, 2.24) is 14.8 Å². The third kappa shape index (κ3) is 3.81. The lowest BCUT2D eigenvalue weighted by Gasteiger charge is -2.14. The van der Waals surface area contributed by atoms with Crippen LogP contribution in [0.5, 0.6) is 0 Å². The van der Waals surface area contributed by atoms with Gasteiger partial charge in [0.2, 0.25) is 0 Å². The first kappa shape index (κ1) is 17.8. The number of carbonyl (C=O) groups is 1. The Balaban J connectivity index is 1.90. The number of ether oxygens (including phenoxy) is 1. The van der Waals surface area contributed by atoms with Crippen LogP contribution in [-0.4, -0.2) is 27.2 Å². The van der Waals surface area contributed by atoms with E-state index in [1.165, 1.54) is 11.3 Å². The van der Waals surface area contributed by atoms with E-state index in [2.05, 4.69) is 10.1 Å². The van der Waals surface area contributed by atoms with E-state index in [0.717, 1.165) is 11.3 Å². The number of ketones is 1. The molecule has 0 bridgehead atoms. The van der Waals surface area contributed by atoms with Crippen molar-refractivity contribution in [2.45, 2.75) is 26.5 Å². The van der Waals surface area contributed by atoms with Gasteiger partial charge in [0.1, 0.15) is 6.33 Å². The second-order valence-corrected chi connectivity index (χ2v) is 6.72. The zero-order valence-corrected chi connectivity index (χ0v) is 15.5. The van der Waals surface area contributed by atoms with Crippen molar-refractivity contribution < 1.29 is 9.53 Å². The minimum absolute atomic E-state index is 0.0684. The summed E-state index contributed by atoms with van der Waals surface area (Å²) in [5.41, 5.74) is 1.18. The number of rotatable bonds is 7. The molecule has 3 aromatic rings. The maximum atomic E-state index is 12.8. The molecule has 1 aromatic carbocycles. The molecule has 5 nitrogen and oxygen atoms in total. The molecule has 0 N–H and O–H groups in total. The Hall–Kier alpha value is -2.02. The van der Waals surface area contributed by atoms with Crippen LogP contribution < -0.4 is 0 Å². The van der Waals surface area contributed by atoms with Gasteiger partial charge in [-0.05, 0) is 49.1 Å². The number of carbonyl (C=O) groups excluding carboxylic acids is 1. The van der Waals surface area contributed by atoms with Crippen molar-refractivity contribution in [3.8, 4) is 10.7 Å². The highest BCUT2D eigenvalue weighted by atomic mass is 35.5. The smallest absolute Gasteiger partial charge is 0.194 e. The van der Waals surface area contributed by atoms with Crippen LogP contribution in [0.25, 0.3) is 10.7 Å². The molecule has 130 valence electrons. The van der Waals surface area contributed by atoms with Gasteiger partial charge in [0.05, 0.1) is 4.88 Å². The summed E-state index contributed by atoms with van der Waals surface area (Å²) in [6, 6.07) is 8.67. The molecular formula is C18H18ClN3O2S. The van der Waals surface area contributed by atoms with Gasteiger partial charge in [-0.25, -0.2) is 9.67 Å². The van der Waals surface area contributed by atoms with E-state index in [1.807, 2.05) is 19.2 Å². The molecule has 0 aliphatic rings. The minimum Gasteiger partial charge on any atom is -0.357 e. The molecule has 0 spiro atoms. The first-order chi connectivity index (χ1) is 12.1. The Kier molecular flexibility index (Phi) is 5.63. The summed E-state index contributed by atoms with van der Waals surface area (Å²) >= 11 is 7.35. The Morgan fingerprint density at radius 2 is 2.04 bits per heavy atom. The van der Waals surface area contributed by atoms with Gasteiger partial charge in [0.25, 0.3) is 0 Å². The number of halogens is 1. The first-order valence-electron chi connectivity index (χ1n) is 8.04. The predicted molar refractivity (Wildman–Crippen MR) is 99.2 cm³/mol. The second-order valence-electron chi connectivity index (χ2n) is 5.37. The summed E-state index contributed by atoms with van der Waals surface area (Å²) in [6.07, 6.45) is 2.29. The van der Waals surface area contributed by atoms with Crippen molar-refractivity contribution in [1.29, 1.82) is 0 Å². The third-order valence-electron chi connectivity index (χ3n) is 3.73. The quantitative estimate of drug-likeness (QED) is 0.554. The van der Waals surface area contributed by atoms with Crippen LogP contribution in [0.4, 0.5) is 0 Å². The third-order valence-corrected chi connectivity index (χ3v) is 4.89. The van der Waals surface area contributed by atoms with Crippen molar-refractivity contribution in [3.63, 3.8) is 0 Å². The molecule has 0 saturated carbocycles. The van der Waals surface area contributed by atoms with Gasteiger partial charge in [0, 0.05) is 22.8 Å². The summed E-state index contributed by atoms with van der Waals surface area (Å²) in [4.78, 5) is 17.9. The van der Waals surface area contributed by atoms with Gasteiger partial charge in [-0.1, -0.05) is 18.5 Å². The van der Waals surface area contributed by atoms with Crippen molar-refractivity contribution in [2.75, 3.05) is 6.61 Å². The lowest BCUT2D eigenvalue weighted by Crippen LogP contribution is -2.12. The van der Waals surface area contributed by atoms with E-state index >= 15 is 0 Å². The van der Waals surface area contributed by atoms with Gasteiger partial charge in [0.15, 0.2) is 17.8 Å². The van der Waals surface area contributed by atoms with Crippen LogP contribution in [0, 0.1) is 0 Å². The first-order valence-corrected chi connectivity index (χ1v) is 9.30. The molecule has 25 heavy (non-hydrogen) atoms. The molecule has 7 heteroatoms. The van der Waals surface area contributed by atoms with Crippen LogP contribution >= 0.6 is 22.9 Å². The molecule has 0 aliphatic carbocycles. The second kappa shape index (κ2) is 7.91. The molecular weight excluding hydrogens is 358 g/mol. The van der Waals surface area contributed by atoms with E-state index in [9.17, 15) is 4.79 Å². The normalized spacial score (nSPS) is 12.3. The average molecular weight is 376 g/mol. The van der Waals surface area contributed by atoms with Crippen LogP contribution in [0.2, 0.25) is 5.02 Å². The molecule has 1 atom stereocenters. The topological polar surface area (TPSA) is 57.0 Å². The van der Waals surface area contributed by atoms with Gasteiger partial charge >= 0.3 is 0 Å². The summed E-state index contributed by atoms with van der Waals surface area (Å²) < 4.78 is 7.35. The molecule has 0 amide bonds. The Labute approximate surface area is 155 Å². The van der Waals surface area contributed by atoms with Gasteiger partial charge in [-0.2, -0.15) is 0 Å². The number of hydrogen-bond donors (Lipinski definition) is 0. The molecule has 0 saturated heterocycles.